The molecule has 0 saturated heterocycles. The Balaban J connectivity index is 0. The summed E-state index contributed by atoms with van der Waals surface area (Å²) in [6.07, 6.45) is 2.97. The summed E-state index contributed by atoms with van der Waals surface area (Å²) in [5.74, 6) is -4.74. The van der Waals surface area contributed by atoms with Gasteiger partial charge in [-0.2, -0.15) is 26.0 Å². The summed E-state index contributed by atoms with van der Waals surface area (Å²) in [6.45, 7) is 10.5. The second kappa shape index (κ2) is 10.7. The number of rotatable bonds is 10. The minimum Gasteiger partial charge on any atom is -0.310 e. The topological polar surface area (TPSA) is 66.4 Å². The predicted molar refractivity (Wildman–Crippen MR) is 78.8 cm³/mol. The molecule has 2 N–H and O–H groups in total. The summed E-state index contributed by atoms with van der Waals surface area (Å²) in [6, 6.07) is 0. The van der Waals surface area contributed by atoms with Crippen molar-refractivity contribution in [3.8, 4) is 0 Å². The molecule has 0 atom stereocenters. The summed E-state index contributed by atoms with van der Waals surface area (Å²) in [4.78, 5) is 0. The smallest absolute Gasteiger partial charge is 0.310 e. The standard InChI is InChI=1S/C7H12F4O3S.C6H11N/c1-2-3-4-5-6(8,9)7(10,11)15(12,13)14;1-3-5-7-6-4-2/h2-5H2,1H3,(H,12,13,14);3-4,7H,1-2,5-6H2. The van der Waals surface area contributed by atoms with Crippen LogP contribution in [-0.4, -0.2) is 37.2 Å². The lowest BCUT2D eigenvalue weighted by Crippen LogP contribution is -2.46. The summed E-state index contributed by atoms with van der Waals surface area (Å²) < 4.78 is 78.7. The van der Waals surface area contributed by atoms with Crippen molar-refractivity contribution in [2.24, 2.45) is 0 Å². The lowest BCUT2D eigenvalue weighted by atomic mass is 10.1. The van der Waals surface area contributed by atoms with Gasteiger partial charge in [-0.15, -0.1) is 13.2 Å². The normalized spacial score (nSPS) is 12.3. The molecule has 132 valence electrons. The Hall–Kier alpha value is -0.930. The van der Waals surface area contributed by atoms with E-state index in [1.54, 1.807) is 6.92 Å². The highest BCUT2D eigenvalue weighted by molar-refractivity contribution is 7.87. The van der Waals surface area contributed by atoms with Gasteiger partial charge in [-0.1, -0.05) is 31.9 Å². The molecule has 4 nitrogen and oxygen atoms in total. The van der Waals surface area contributed by atoms with E-state index in [-0.39, 0.29) is 12.8 Å². The number of halogens is 4. The van der Waals surface area contributed by atoms with Crippen LogP contribution in [-0.2, 0) is 10.1 Å². The second-order valence-corrected chi connectivity index (χ2v) is 5.85. The van der Waals surface area contributed by atoms with Crippen LogP contribution in [0.3, 0.4) is 0 Å². The second-order valence-electron chi connectivity index (χ2n) is 4.39. The molecule has 0 fully saturated rings. The van der Waals surface area contributed by atoms with Gasteiger partial charge in [-0.05, 0) is 6.42 Å². The van der Waals surface area contributed by atoms with Crippen LogP contribution in [0.4, 0.5) is 17.6 Å². The molecule has 0 aliphatic carbocycles. The molecule has 0 spiro atoms. The Kier molecular flexibility index (Phi) is 11.4. The Bertz CT molecular complexity index is 417. The largest absolute Gasteiger partial charge is 0.431 e. The molecule has 22 heavy (non-hydrogen) atoms. The maximum Gasteiger partial charge on any atom is 0.431 e. The van der Waals surface area contributed by atoms with Crippen molar-refractivity contribution in [3.05, 3.63) is 25.3 Å². The van der Waals surface area contributed by atoms with Gasteiger partial charge in [0.05, 0.1) is 0 Å². The maximum absolute atomic E-state index is 12.7. The molecule has 0 bridgehead atoms. The van der Waals surface area contributed by atoms with Crippen molar-refractivity contribution >= 4 is 10.1 Å². The van der Waals surface area contributed by atoms with Crippen LogP contribution >= 0.6 is 0 Å². The molecule has 0 saturated carbocycles. The van der Waals surface area contributed by atoms with E-state index < -0.39 is 27.7 Å². The van der Waals surface area contributed by atoms with E-state index in [0.717, 1.165) is 13.1 Å². The summed E-state index contributed by atoms with van der Waals surface area (Å²) >= 11 is 0. The number of alkyl halides is 4. The monoisotopic (exact) mass is 349 g/mol. The van der Waals surface area contributed by atoms with Crippen molar-refractivity contribution in [2.75, 3.05) is 13.1 Å². The number of unbranched alkanes of at least 4 members (excludes halogenated alkanes) is 2. The first kappa shape index (κ1) is 23.3. The molecular weight excluding hydrogens is 326 g/mol. The Morgan fingerprint density at radius 1 is 1.09 bits per heavy atom. The predicted octanol–water partition coefficient (Wildman–Crippen LogP) is 3.63. The lowest BCUT2D eigenvalue weighted by Gasteiger charge is -2.23. The van der Waals surface area contributed by atoms with Crippen LogP contribution in [0.1, 0.15) is 32.6 Å². The van der Waals surface area contributed by atoms with Gasteiger partial charge in [-0.3, -0.25) is 4.55 Å². The van der Waals surface area contributed by atoms with Gasteiger partial charge in [0.15, 0.2) is 0 Å². The minimum atomic E-state index is -6.08. The van der Waals surface area contributed by atoms with Crippen molar-refractivity contribution < 1.29 is 30.5 Å². The summed E-state index contributed by atoms with van der Waals surface area (Å²) in [5.41, 5.74) is 0. The van der Waals surface area contributed by atoms with Crippen molar-refractivity contribution in [1.29, 1.82) is 0 Å². The molecule has 0 rings (SSSR count). The molecule has 0 aliphatic rings. The van der Waals surface area contributed by atoms with Crippen LogP contribution < -0.4 is 5.32 Å². The Labute approximate surface area is 129 Å². The SMILES string of the molecule is C=CCNCC=C.CCCCCC(F)(F)C(F)(F)S(=O)(=O)O. The van der Waals surface area contributed by atoms with Crippen LogP contribution in [0.5, 0.6) is 0 Å². The third-order valence-electron chi connectivity index (χ3n) is 2.42. The van der Waals surface area contributed by atoms with Gasteiger partial charge in [0.2, 0.25) is 0 Å². The summed E-state index contributed by atoms with van der Waals surface area (Å²) in [5, 5.41) is -2.37. The first-order valence-electron chi connectivity index (χ1n) is 6.63. The molecule has 0 radical (unpaired) electrons. The fourth-order valence-electron chi connectivity index (χ4n) is 1.22. The van der Waals surface area contributed by atoms with Gasteiger partial charge >= 0.3 is 21.3 Å². The average molecular weight is 349 g/mol. The van der Waals surface area contributed by atoms with Crippen molar-refractivity contribution in [3.63, 3.8) is 0 Å². The van der Waals surface area contributed by atoms with Crippen LogP contribution in [0.2, 0.25) is 0 Å². The zero-order valence-electron chi connectivity index (χ0n) is 12.5. The van der Waals surface area contributed by atoms with Gasteiger partial charge in [0.1, 0.15) is 0 Å². The van der Waals surface area contributed by atoms with Crippen LogP contribution in [0, 0.1) is 0 Å². The third-order valence-corrected chi connectivity index (χ3v) is 3.37. The molecule has 0 heterocycles. The van der Waals surface area contributed by atoms with Gasteiger partial charge < -0.3 is 5.32 Å². The Morgan fingerprint density at radius 3 is 1.86 bits per heavy atom. The molecule has 0 aliphatic heterocycles. The van der Waals surface area contributed by atoms with Crippen molar-refractivity contribution in [2.45, 2.75) is 43.8 Å². The Morgan fingerprint density at radius 2 is 1.55 bits per heavy atom. The van der Waals surface area contributed by atoms with E-state index in [1.807, 2.05) is 12.2 Å². The van der Waals surface area contributed by atoms with E-state index in [2.05, 4.69) is 18.5 Å². The number of hydrogen-bond acceptors (Lipinski definition) is 3. The van der Waals surface area contributed by atoms with Crippen LogP contribution in [0.15, 0.2) is 25.3 Å². The highest BCUT2D eigenvalue weighted by atomic mass is 32.2. The molecule has 0 aromatic rings. The molecule has 0 unspecified atom stereocenters. The van der Waals surface area contributed by atoms with Gasteiger partial charge in [0, 0.05) is 19.5 Å². The van der Waals surface area contributed by atoms with Crippen LogP contribution in [0.25, 0.3) is 0 Å². The minimum absolute atomic E-state index is 0.228. The highest BCUT2D eigenvalue weighted by Gasteiger charge is 2.64. The zero-order valence-corrected chi connectivity index (χ0v) is 13.3. The zero-order chi connectivity index (χ0) is 17.9. The van der Waals surface area contributed by atoms with E-state index in [9.17, 15) is 26.0 Å². The highest BCUT2D eigenvalue weighted by Crippen LogP contribution is 2.41. The number of nitrogens with one attached hydrogen (secondary N) is 1. The van der Waals surface area contributed by atoms with Gasteiger partial charge in [0.25, 0.3) is 0 Å². The van der Waals surface area contributed by atoms with E-state index >= 15 is 0 Å². The average Bonchev–Trinajstić information content (AvgIpc) is 2.39. The third kappa shape index (κ3) is 8.50. The van der Waals surface area contributed by atoms with Gasteiger partial charge in [-0.25, -0.2) is 0 Å². The molecular formula is C13H23F4NO3S. The lowest BCUT2D eigenvalue weighted by molar-refractivity contribution is -0.164. The maximum atomic E-state index is 12.7. The molecule has 0 aromatic heterocycles. The molecule has 9 heteroatoms. The molecule has 0 amide bonds. The van der Waals surface area contributed by atoms with Crippen molar-refractivity contribution in [1.82, 2.24) is 5.32 Å². The fraction of sp³-hybridized carbons (Fsp3) is 0.692. The first-order valence-corrected chi connectivity index (χ1v) is 8.07. The number of hydrogen-bond donors (Lipinski definition) is 2. The first-order chi connectivity index (χ1) is 9.97. The van der Waals surface area contributed by atoms with E-state index in [4.69, 9.17) is 4.55 Å². The molecule has 0 aromatic carbocycles. The quantitative estimate of drug-likeness (QED) is 0.274. The van der Waals surface area contributed by atoms with E-state index in [1.165, 1.54) is 0 Å². The van der Waals surface area contributed by atoms with E-state index in [0.29, 0.717) is 6.42 Å². The fourth-order valence-corrected chi connectivity index (χ4v) is 1.70. The summed E-state index contributed by atoms with van der Waals surface area (Å²) in [7, 11) is -6.08.